The molecule has 0 saturated carbocycles. The average Bonchev–Trinajstić information content (AvgIpc) is 3.64. The van der Waals surface area contributed by atoms with Crippen molar-refractivity contribution >= 4 is 56.9 Å². The second kappa shape index (κ2) is 11.9. The van der Waals surface area contributed by atoms with Gasteiger partial charge in [0.15, 0.2) is 12.4 Å². The summed E-state index contributed by atoms with van der Waals surface area (Å²) < 4.78 is 3.38. The standard InChI is InChI=1S/C30H29N4O4S2/c1-32-24-10-9-22(30-31-23-7-3-4-8-25(23)40-30)20-26(24)39-29(32)19-21-13-16-33(17-14-21)15-5-2-6-18-37-38-34-27(35)11-12-28(34)36/h3-4,7-10,13-14,16-17,19-20H,2,5-6,11-12,15,18H2,1H3/q+1. The number of unbranched alkanes of at least 4 members (excludes halogenated alkanes) is 2. The van der Waals surface area contributed by atoms with Crippen molar-refractivity contribution in [2.75, 3.05) is 18.6 Å². The minimum Gasteiger partial charge on any atom is -0.338 e. The molecule has 0 N–H and O–H groups in total. The van der Waals surface area contributed by atoms with E-state index in [1.54, 1.807) is 23.1 Å². The number of fused-ring (bicyclic) bond motifs is 2. The summed E-state index contributed by atoms with van der Waals surface area (Å²) in [5.41, 5.74) is 4.56. The summed E-state index contributed by atoms with van der Waals surface area (Å²) in [4.78, 5) is 41.1. The van der Waals surface area contributed by atoms with E-state index in [1.165, 1.54) is 20.3 Å². The van der Waals surface area contributed by atoms with E-state index in [0.29, 0.717) is 11.7 Å². The molecular formula is C30H29N4O4S2+. The van der Waals surface area contributed by atoms with Gasteiger partial charge in [-0.1, -0.05) is 23.9 Å². The Labute approximate surface area is 240 Å². The maximum Gasteiger partial charge on any atom is 0.256 e. The number of hydroxylamine groups is 2. The van der Waals surface area contributed by atoms with Crippen molar-refractivity contribution in [3.8, 4) is 10.6 Å². The number of amides is 2. The first-order chi connectivity index (χ1) is 19.5. The molecule has 2 aromatic heterocycles. The SMILES string of the molecule is CN1C(=Cc2cc[n+](CCCCCOON3C(=O)CCC3=O)cc2)Sc2cc(-c3nc4ccccc4s3)ccc21. The number of para-hydroxylation sites is 1. The molecule has 2 aliphatic rings. The third-order valence-electron chi connectivity index (χ3n) is 6.89. The number of carbonyl (C=O) groups is 2. The van der Waals surface area contributed by atoms with Crippen LogP contribution in [0.3, 0.4) is 0 Å². The number of nitrogens with zero attached hydrogens (tertiary/aromatic N) is 4. The summed E-state index contributed by atoms with van der Waals surface area (Å²) in [5.74, 6) is -0.698. The van der Waals surface area contributed by atoms with Gasteiger partial charge in [-0.2, -0.15) is 0 Å². The monoisotopic (exact) mass is 573 g/mol. The van der Waals surface area contributed by atoms with Crippen molar-refractivity contribution in [1.82, 2.24) is 10.0 Å². The van der Waals surface area contributed by atoms with Gasteiger partial charge in [0.05, 0.1) is 27.5 Å². The van der Waals surface area contributed by atoms with Crippen LogP contribution >= 0.6 is 23.1 Å². The molecule has 0 atom stereocenters. The van der Waals surface area contributed by atoms with Crippen LogP contribution in [0, 0.1) is 0 Å². The van der Waals surface area contributed by atoms with Crippen LogP contribution in [0.1, 0.15) is 37.7 Å². The number of thiazole rings is 1. The summed E-state index contributed by atoms with van der Waals surface area (Å²) in [6, 6.07) is 19.1. The smallest absolute Gasteiger partial charge is 0.256 e. The number of pyridine rings is 1. The molecule has 4 heterocycles. The first-order valence-corrected chi connectivity index (χ1v) is 15.0. The fourth-order valence-electron chi connectivity index (χ4n) is 4.65. The molecule has 1 fully saturated rings. The number of carbonyl (C=O) groups excluding carboxylic acids is 2. The quantitative estimate of drug-likeness (QED) is 0.0760. The second-order valence-electron chi connectivity index (χ2n) is 9.72. The van der Waals surface area contributed by atoms with Crippen LogP contribution in [-0.2, 0) is 26.0 Å². The van der Waals surface area contributed by atoms with Gasteiger partial charge in [-0.15, -0.1) is 21.4 Å². The largest absolute Gasteiger partial charge is 0.338 e. The summed E-state index contributed by atoms with van der Waals surface area (Å²) in [6.45, 7) is 1.24. The molecular weight excluding hydrogens is 544 g/mol. The Balaban J connectivity index is 0.992. The van der Waals surface area contributed by atoms with Crippen molar-refractivity contribution in [2.24, 2.45) is 0 Å². The lowest BCUT2D eigenvalue weighted by Gasteiger charge is -2.13. The third-order valence-corrected chi connectivity index (χ3v) is 9.12. The van der Waals surface area contributed by atoms with Crippen LogP contribution in [0.2, 0.25) is 0 Å². The summed E-state index contributed by atoms with van der Waals surface area (Å²) in [7, 11) is 2.11. The number of benzene rings is 2. The van der Waals surface area contributed by atoms with E-state index in [9.17, 15) is 9.59 Å². The van der Waals surface area contributed by atoms with E-state index in [2.05, 4.69) is 83.5 Å². The lowest BCUT2D eigenvalue weighted by Crippen LogP contribution is -2.32. The fourth-order valence-corrected chi connectivity index (χ4v) is 6.76. The Morgan fingerprint density at radius 1 is 1.00 bits per heavy atom. The van der Waals surface area contributed by atoms with Gasteiger partial charge in [0, 0.05) is 48.9 Å². The van der Waals surface area contributed by atoms with Gasteiger partial charge >= 0.3 is 0 Å². The van der Waals surface area contributed by atoms with Crippen LogP contribution in [-0.4, -0.2) is 35.5 Å². The summed E-state index contributed by atoms with van der Waals surface area (Å²) in [6.07, 6.45) is 9.52. The van der Waals surface area contributed by atoms with Gasteiger partial charge in [0.1, 0.15) is 11.6 Å². The topological polar surface area (TPSA) is 75.8 Å². The van der Waals surface area contributed by atoms with Crippen molar-refractivity contribution < 1.29 is 24.0 Å². The first kappa shape index (κ1) is 26.6. The lowest BCUT2D eigenvalue weighted by atomic mass is 10.2. The molecule has 0 radical (unpaired) electrons. The molecule has 1 saturated heterocycles. The molecule has 8 nitrogen and oxygen atoms in total. The number of aromatic nitrogens is 2. The average molecular weight is 574 g/mol. The Morgan fingerprint density at radius 2 is 1.80 bits per heavy atom. The van der Waals surface area contributed by atoms with Crippen LogP contribution in [0.25, 0.3) is 26.9 Å². The Hall–Kier alpha value is -3.57. The number of anilines is 1. The van der Waals surface area contributed by atoms with Crippen LogP contribution in [0.15, 0.2) is 76.9 Å². The maximum atomic E-state index is 11.5. The normalized spacial score (nSPS) is 16.1. The van der Waals surface area contributed by atoms with E-state index in [4.69, 9.17) is 14.9 Å². The second-order valence-corrected chi connectivity index (χ2v) is 11.8. The number of rotatable bonds is 10. The predicted molar refractivity (Wildman–Crippen MR) is 156 cm³/mol. The highest BCUT2D eigenvalue weighted by Gasteiger charge is 2.31. The molecule has 4 aromatic rings. The van der Waals surface area contributed by atoms with Gasteiger partial charge in [-0.05, 0) is 54.8 Å². The zero-order valence-electron chi connectivity index (χ0n) is 22.1. The highest BCUT2D eigenvalue weighted by molar-refractivity contribution is 8.03. The van der Waals surface area contributed by atoms with Gasteiger partial charge in [-0.3, -0.25) is 9.59 Å². The molecule has 40 heavy (non-hydrogen) atoms. The molecule has 0 aliphatic carbocycles. The Kier molecular flexibility index (Phi) is 7.92. The van der Waals surface area contributed by atoms with Crippen molar-refractivity contribution in [1.29, 1.82) is 0 Å². The number of imide groups is 1. The highest BCUT2D eigenvalue weighted by Crippen LogP contribution is 2.47. The third kappa shape index (κ3) is 5.80. The van der Waals surface area contributed by atoms with Gasteiger partial charge < -0.3 is 4.90 Å². The van der Waals surface area contributed by atoms with E-state index in [-0.39, 0.29) is 24.7 Å². The molecule has 2 aromatic carbocycles. The fraction of sp³-hybridized carbons (Fsp3) is 0.267. The molecule has 204 valence electrons. The number of hydrogen-bond acceptors (Lipinski definition) is 8. The van der Waals surface area contributed by atoms with Gasteiger partial charge in [0.25, 0.3) is 11.8 Å². The maximum absolute atomic E-state index is 11.5. The molecule has 2 aliphatic heterocycles. The van der Waals surface area contributed by atoms with Crippen LogP contribution in [0.4, 0.5) is 5.69 Å². The van der Waals surface area contributed by atoms with Crippen LogP contribution in [0.5, 0.6) is 0 Å². The van der Waals surface area contributed by atoms with E-state index in [0.717, 1.165) is 47.5 Å². The molecule has 0 bridgehead atoms. The van der Waals surface area contributed by atoms with E-state index in [1.807, 2.05) is 6.07 Å². The lowest BCUT2D eigenvalue weighted by molar-refractivity contribution is -0.697. The predicted octanol–water partition coefficient (Wildman–Crippen LogP) is 5.97. The highest BCUT2D eigenvalue weighted by atomic mass is 32.2. The van der Waals surface area contributed by atoms with Crippen molar-refractivity contribution in [2.45, 2.75) is 43.5 Å². The van der Waals surface area contributed by atoms with Crippen LogP contribution < -0.4 is 9.47 Å². The summed E-state index contributed by atoms with van der Waals surface area (Å²) in [5, 5.41) is 2.95. The molecule has 10 heteroatoms. The molecule has 2 amide bonds. The molecule has 6 rings (SSSR count). The number of thioether (sulfide) groups is 1. The number of aryl methyl sites for hydroxylation is 1. The zero-order chi connectivity index (χ0) is 27.5. The first-order valence-electron chi connectivity index (χ1n) is 13.3. The van der Waals surface area contributed by atoms with Gasteiger partial charge in [-0.25, -0.2) is 14.4 Å². The van der Waals surface area contributed by atoms with Crippen molar-refractivity contribution in [3.05, 3.63) is 77.6 Å². The van der Waals surface area contributed by atoms with Crippen molar-refractivity contribution in [3.63, 3.8) is 0 Å². The Bertz CT molecular complexity index is 1540. The zero-order valence-corrected chi connectivity index (χ0v) is 23.7. The Morgan fingerprint density at radius 3 is 2.60 bits per heavy atom. The molecule has 0 spiro atoms. The van der Waals surface area contributed by atoms with Gasteiger partial charge in [0.2, 0.25) is 0 Å². The minimum absolute atomic E-state index is 0.186. The summed E-state index contributed by atoms with van der Waals surface area (Å²) >= 11 is 3.51. The number of hydrogen-bond donors (Lipinski definition) is 0. The minimum atomic E-state index is -0.349. The van der Waals surface area contributed by atoms with E-state index < -0.39 is 0 Å². The molecule has 0 unspecified atom stereocenters. The van der Waals surface area contributed by atoms with E-state index >= 15 is 0 Å².